The molecule has 0 saturated heterocycles. The molecule has 1 aromatic carbocycles. The van der Waals surface area contributed by atoms with Gasteiger partial charge in [-0.15, -0.1) is 0 Å². The van der Waals surface area contributed by atoms with E-state index < -0.39 is 0 Å². The highest BCUT2D eigenvalue weighted by molar-refractivity contribution is 5.84. The van der Waals surface area contributed by atoms with Crippen LogP contribution >= 0.6 is 0 Å². The van der Waals surface area contributed by atoms with Crippen LogP contribution in [0.2, 0.25) is 0 Å². The van der Waals surface area contributed by atoms with Crippen molar-refractivity contribution in [2.24, 2.45) is 5.73 Å². The lowest BCUT2D eigenvalue weighted by Crippen LogP contribution is -2.47. The zero-order valence-electron chi connectivity index (χ0n) is 34.7. The number of fused-ring (bicyclic) bond motifs is 1. The number of ether oxygens (including phenoxy) is 2. The average molecular weight is 741 g/mol. The Bertz CT molecular complexity index is 1090. The van der Waals surface area contributed by atoms with E-state index in [1.54, 1.807) is 0 Å². The maximum absolute atomic E-state index is 13.5. The summed E-state index contributed by atoms with van der Waals surface area (Å²) in [6.07, 6.45) is 36.5. The number of hydrogen-bond donors (Lipinski definition) is 4. The van der Waals surface area contributed by atoms with E-state index in [0.717, 1.165) is 50.8 Å². The zero-order chi connectivity index (χ0) is 37.9. The summed E-state index contributed by atoms with van der Waals surface area (Å²) in [6, 6.07) is 8.03. The standard InChI is InChI=1S/C46H84N4O3/c1-3-5-7-9-11-13-15-17-19-21-23-29-35-52-40-42(53-36-30-24-22-20-18-16-14-12-10-8-6-4-2)39-50-46(51)45(33-27-28-34-47)49-38-41-37-48-44-32-26-25-31-43(41)44/h25-26,31-32,37,42,45,48-49H,3-24,27-30,33-36,38-40,47H2,1-2H3,(H,50,51)/t42?,45-/m0/s1. The first-order valence-corrected chi connectivity index (χ1v) is 22.6. The van der Waals surface area contributed by atoms with Crippen molar-refractivity contribution in [1.29, 1.82) is 0 Å². The molecule has 0 aliphatic carbocycles. The molecule has 1 heterocycles. The molecular weight excluding hydrogens is 657 g/mol. The minimum absolute atomic E-state index is 0.0294. The molecule has 1 amide bonds. The van der Waals surface area contributed by atoms with Crippen molar-refractivity contribution in [3.8, 4) is 0 Å². The Morgan fingerprint density at radius 3 is 1.77 bits per heavy atom. The van der Waals surface area contributed by atoms with Gasteiger partial charge in [-0.3, -0.25) is 4.79 Å². The van der Waals surface area contributed by atoms with E-state index in [4.69, 9.17) is 15.2 Å². The van der Waals surface area contributed by atoms with Gasteiger partial charge in [0.15, 0.2) is 0 Å². The maximum Gasteiger partial charge on any atom is 0.237 e. The van der Waals surface area contributed by atoms with Crippen molar-refractivity contribution < 1.29 is 14.3 Å². The monoisotopic (exact) mass is 741 g/mol. The molecule has 5 N–H and O–H groups in total. The average Bonchev–Trinajstić information content (AvgIpc) is 3.59. The van der Waals surface area contributed by atoms with E-state index in [2.05, 4.69) is 47.7 Å². The number of unbranched alkanes of at least 4 members (excludes halogenated alkanes) is 23. The number of aromatic amines is 1. The SMILES string of the molecule is CCCCCCCCCCCCCCOCC(CNC(=O)[C@H](CCCCN)NCc1c[nH]c2ccccc12)OCCCCCCCCCCCCCC. The Balaban J connectivity index is 1.73. The summed E-state index contributed by atoms with van der Waals surface area (Å²) in [7, 11) is 0. The number of amides is 1. The third-order valence-electron chi connectivity index (χ3n) is 10.8. The lowest BCUT2D eigenvalue weighted by atomic mass is 10.1. The molecule has 0 bridgehead atoms. The molecule has 2 rings (SSSR count). The van der Waals surface area contributed by atoms with Gasteiger partial charge >= 0.3 is 0 Å². The van der Waals surface area contributed by atoms with Gasteiger partial charge < -0.3 is 30.8 Å². The molecule has 1 aromatic heterocycles. The lowest BCUT2D eigenvalue weighted by Gasteiger charge is -2.22. The number of carbonyl (C=O) groups is 1. The summed E-state index contributed by atoms with van der Waals surface area (Å²) in [5.74, 6) is 0.0294. The lowest BCUT2D eigenvalue weighted by molar-refractivity contribution is -0.124. The largest absolute Gasteiger partial charge is 0.379 e. The van der Waals surface area contributed by atoms with E-state index in [1.165, 1.54) is 152 Å². The van der Waals surface area contributed by atoms with Crippen molar-refractivity contribution in [2.45, 2.75) is 206 Å². The fourth-order valence-electron chi connectivity index (χ4n) is 7.29. The highest BCUT2D eigenvalue weighted by Crippen LogP contribution is 2.18. The van der Waals surface area contributed by atoms with Gasteiger partial charge in [0.05, 0.1) is 18.8 Å². The summed E-state index contributed by atoms with van der Waals surface area (Å²) in [6.45, 7) is 8.32. The molecule has 2 atom stereocenters. The van der Waals surface area contributed by atoms with E-state index in [0.29, 0.717) is 26.2 Å². The minimum atomic E-state index is -0.283. The predicted octanol–water partition coefficient (Wildman–Crippen LogP) is 11.7. The smallest absolute Gasteiger partial charge is 0.237 e. The second kappa shape index (κ2) is 34.6. The van der Waals surface area contributed by atoms with Gasteiger partial charge in [-0.1, -0.05) is 180 Å². The Hall–Kier alpha value is -1.93. The summed E-state index contributed by atoms with van der Waals surface area (Å²) in [4.78, 5) is 16.9. The fraction of sp³-hybridized carbons (Fsp3) is 0.804. The van der Waals surface area contributed by atoms with Gasteiger partial charge in [-0.25, -0.2) is 0 Å². The highest BCUT2D eigenvalue weighted by Gasteiger charge is 2.20. The number of para-hydroxylation sites is 1. The number of H-pyrrole nitrogens is 1. The summed E-state index contributed by atoms with van der Waals surface area (Å²) in [5, 5.41) is 7.97. The Morgan fingerprint density at radius 2 is 1.21 bits per heavy atom. The molecule has 0 spiro atoms. The number of benzene rings is 1. The van der Waals surface area contributed by atoms with Gasteiger partial charge in [-0.05, 0) is 43.9 Å². The topological polar surface area (TPSA) is 101 Å². The number of carbonyl (C=O) groups excluding carboxylic acids is 1. The van der Waals surface area contributed by atoms with Crippen LogP contribution < -0.4 is 16.4 Å². The molecule has 0 fully saturated rings. The third kappa shape index (κ3) is 25.0. The Labute approximate surface area is 326 Å². The van der Waals surface area contributed by atoms with Crippen molar-refractivity contribution >= 4 is 16.8 Å². The van der Waals surface area contributed by atoms with Gasteiger partial charge in [0, 0.05) is 43.4 Å². The van der Waals surface area contributed by atoms with E-state index in [-0.39, 0.29) is 18.1 Å². The van der Waals surface area contributed by atoms with Crippen molar-refractivity contribution in [1.82, 2.24) is 15.6 Å². The second-order valence-corrected chi connectivity index (χ2v) is 15.7. The van der Waals surface area contributed by atoms with E-state index in [1.807, 2.05) is 12.3 Å². The first-order valence-electron chi connectivity index (χ1n) is 22.6. The molecule has 7 heteroatoms. The van der Waals surface area contributed by atoms with Crippen LogP contribution in [0.1, 0.15) is 193 Å². The molecule has 0 aliphatic rings. The van der Waals surface area contributed by atoms with Crippen LogP contribution in [-0.4, -0.2) is 55.9 Å². The van der Waals surface area contributed by atoms with Gasteiger partial charge in [-0.2, -0.15) is 0 Å². The molecule has 306 valence electrons. The predicted molar refractivity (Wildman–Crippen MR) is 228 cm³/mol. The minimum Gasteiger partial charge on any atom is -0.379 e. The third-order valence-corrected chi connectivity index (χ3v) is 10.8. The number of nitrogens with two attached hydrogens (primary N) is 1. The number of nitrogens with one attached hydrogen (secondary N) is 3. The molecule has 0 radical (unpaired) electrons. The zero-order valence-corrected chi connectivity index (χ0v) is 34.7. The number of hydrogen-bond acceptors (Lipinski definition) is 5. The highest BCUT2D eigenvalue weighted by atomic mass is 16.5. The first-order chi connectivity index (χ1) is 26.2. The van der Waals surface area contributed by atoms with Crippen LogP contribution in [-0.2, 0) is 20.8 Å². The first kappa shape index (κ1) is 47.2. The van der Waals surface area contributed by atoms with Crippen LogP contribution in [0, 0.1) is 0 Å². The molecule has 1 unspecified atom stereocenters. The van der Waals surface area contributed by atoms with Crippen LogP contribution in [0.3, 0.4) is 0 Å². The number of rotatable bonds is 39. The van der Waals surface area contributed by atoms with E-state index in [9.17, 15) is 4.79 Å². The van der Waals surface area contributed by atoms with Crippen LogP contribution in [0.4, 0.5) is 0 Å². The molecular formula is C46H84N4O3. The van der Waals surface area contributed by atoms with Crippen LogP contribution in [0.25, 0.3) is 10.9 Å². The molecule has 53 heavy (non-hydrogen) atoms. The van der Waals surface area contributed by atoms with Crippen LogP contribution in [0.15, 0.2) is 30.5 Å². The van der Waals surface area contributed by atoms with Gasteiger partial charge in [0.2, 0.25) is 5.91 Å². The quantitative estimate of drug-likeness (QED) is 0.0511. The number of aromatic nitrogens is 1. The molecule has 0 saturated carbocycles. The molecule has 7 nitrogen and oxygen atoms in total. The molecule has 2 aromatic rings. The Morgan fingerprint density at radius 1 is 0.679 bits per heavy atom. The fourth-order valence-corrected chi connectivity index (χ4v) is 7.29. The van der Waals surface area contributed by atoms with Crippen molar-refractivity contribution in [3.63, 3.8) is 0 Å². The summed E-state index contributed by atoms with van der Waals surface area (Å²) in [5.41, 5.74) is 8.08. The maximum atomic E-state index is 13.5. The van der Waals surface area contributed by atoms with E-state index >= 15 is 0 Å². The summed E-state index contributed by atoms with van der Waals surface area (Å²) >= 11 is 0. The van der Waals surface area contributed by atoms with Crippen molar-refractivity contribution in [3.05, 3.63) is 36.0 Å². The van der Waals surface area contributed by atoms with Gasteiger partial charge in [0.25, 0.3) is 0 Å². The van der Waals surface area contributed by atoms with Crippen molar-refractivity contribution in [2.75, 3.05) is 32.9 Å². The van der Waals surface area contributed by atoms with Gasteiger partial charge in [0.1, 0.15) is 0 Å². The second-order valence-electron chi connectivity index (χ2n) is 15.7. The normalized spacial score (nSPS) is 12.8. The summed E-state index contributed by atoms with van der Waals surface area (Å²) < 4.78 is 12.5. The Kier molecular flexibility index (Phi) is 30.8. The molecule has 0 aliphatic heterocycles. The van der Waals surface area contributed by atoms with Crippen LogP contribution in [0.5, 0.6) is 0 Å².